The zero-order valence-corrected chi connectivity index (χ0v) is 9.93. The third kappa shape index (κ3) is 3.03. The SMILES string of the molecule is COCCc1c(C(=O)O)nnn1CCC1CC1. The Morgan fingerprint density at radius 3 is 2.94 bits per heavy atom. The average Bonchev–Trinajstić information content (AvgIpc) is 3.04. The number of ether oxygens (including phenoxy) is 1. The van der Waals surface area contributed by atoms with Crippen molar-refractivity contribution < 1.29 is 14.6 Å². The highest BCUT2D eigenvalue weighted by Gasteiger charge is 2.23. The van der Waals surface area contributed by atoms with Crippen molar-refractivity contribution in [2.75, 3.05) is 13.7 Å². The van der Waals surface area contributed by atoms with Crippen molar-refractivity contribution in [2.45, 2.75) is 32.2 Å². The van der Waals surface area contributed by atoms with Gasteiger partial charge in [0.15, 0.2) is 5.69 Å². The van der Waals surface area contributed by atoms with Crippen molar-refractivity contribution >= 4 is 5.97 Å². The van der Waals surface area contributed by atoms with E-state index in [1.54, 1.807) is 11.8 Å². The van der Waals surface area contributed by atoms with Gasteiger partial charge in [-0.05, 0) is 12.3 Å². The van der Waals surface area contributed by atoms with E-state index >= 15 is 0 Å². The monoisotopic (exact) mass is 239 g/mol. The van der Waals surface area contributed by atoms with E-state index in [9.17, 15) is 4.79 Å². The predicted molar refractivity (Wildman–Crippen MR) is 59.9 cm³/mol. The van der Waals surface area contributed by atoms with Crippen molar-refractivity contribution in [3.63, 3.8) is 0 Å². The quantitative estimate of drug-likeness (QED) is 0.767. The Kier molecular flexibility index (Phi) is 3.73. The van der Waals surface area contributed by atoms with Crippen LogP contribution in [0.4, 0.5) is 0 Å². The number of hydrogen-bond donors (Lipinski definition) is 1. The first-order chi connectivity index (χ1) is 8.22. The molecule has 1 aromatic heterocycles. The van der Waals surface area contributed by atoms with Crippen LogP contribution >= 0.6 is 0 Å². The van der Waals surface area contributed by atoms with Crippen LogP contribution in [0, 0.1) is 5.92 Å². The standard InChI is InChI=1S/C11H17N3O3/c1-17-7-5-9-10(11(15)16)12-13-14(9)6-4-8-2-3-8/h8H,2-7H2,1H3,(H,15,16). The summed E-state index contributed by atoms with van der Waals surface area (Å²) in [5, 5.41) is 16.7. The molecule has 0 saturated heterocycles. The second-order valence-electron chi connectivity index (χ2n) is 4.39. The van der Waals surface area contributed by atoms with E-state index in [2.05, 4.69) is 10.3 Å². The highest BCUT2D eigenvalue weighted by molar-refractivity contribution is 5.86. The first-order valence-corrected chi connectivity index (χ1v) is 5.87. The molecule has 0 bridgehead atoms. The first-order valence-electron chi connectivity index (χ1n) is 5.87. The molecule has 6 heteroatoms. The summed E-state index contributed by atoms with van der Waals surface area (Å²) >= 11 is 0. The molecule has 1 saturated carbocycles. The minimum atomic E-state index is -1.02. The van der Waals surface area contributed by atoms with Crippen molar-refractivity contribution in [3.05, 3.63) is 11.4 Å². The predicted octanol–water partition coefficient (Wildman–Crippen LogP) is 0.965. The number of carbonyl (C=O) groups is 1. The lowest BCUT2D eigenvalue weighted by Crippen LogP contribution is -2.11. The van der Waals surface area contributed by atoms with Crippen LogP contribution < -0.4 is 0 Å². The molecule has 0 amide bonds. The van der Waals surface area contributed by atoms with Gasteiger partial charge < -0.3 is 9.84 Å². The summed E-state index contributed by atoms with van der Waals surface area (Å²) in [4.78, 5) is 11.0. The van der Waals surface area contributed by atoms with Crippen LogP contribution in [0.2, 0.25) is 0 Å². The van der Waals surface area contributed by atoms with Gasteiger partial charge in [-0.2, -0.15) is 0 Å². The van der Waals surface area contributed by atoms with Gasteiger partial charge in [0.05, 0.1) is 12.3 Å². The van der Waals surface area contributed by atoms with E-state index in [4.69, 9.17) is 9.84 Å². The van der Waals surface area contributed by atoms with E-state index in [0.29, 0.717) is 18.7 Å². The van der Waals surface area contributed by atoms with Crippen LogP contribution in [-0.4, -0.2) is 39.8 Å². The molecule has 1 aliphatic rings. The zero-order chi connectivity index (χ0) is 12.3. The molecule has 94 valence electrons. The first kappa shape index (κ1) is 12.0. The molecule has 0 atom stereocenters. The minimum Gasteiger partial charge on any atom is -0.476 e. The topological polar surface area (TPSA) is 77.2 Å². The van der Waals surface area contributed by atoms with Crippen LogP contribution in [0.25, 0.3) is 0 Å². The van der Waals surface area contributed by atoms with Gasteiger partial charge in [0.25, 0.3) is 0 Å². The highest BCUT2D eigenvalue weighted by Crippen LogP contribution is 2.32. The summed E-state index contributed by atoms with van der Waals surface area (Å²) in [5.74, 6) is -0.225. The van der Waals surface area contributed by atoms with Gasteiger partial charge in [-0.25, -0.2) is 9.48 Å². The lowest BCUT2D eigenvalue weighted by molar-refractivity contribution is 0.0688. The highest BCUT2D eigenvalue weighted by atomic mass is 16.5. The molecule has 0 radical (unpaired) electrons. The third-order valence-electron chi connectivity index (χ3n) is 3.03. The Morgan fingerprint density at radius 1 is 1.59 bits per heavy atom. The Bertz CT molecular complexity index is 399. The van der Waals surface area contributed by atoms with Gasteiger partial charge in [0.1, 0.15) is 0 Å². The maximum absolute atomic E-state index is 11.0. The number of aryl methyl sites for hydroxylation is 1. The van der Waals surface area contributed by atoms with E-state index in [1.807, 2.05) is 0 Å². The van der Waals surface area contributed by atoms with Gasteiger partial charge in [-0.3, -0.25) is 0 Å². The van der Waals surface area contributed by atoms with Crippen LogP contribution in [-0.2, 0) is 17.7 Å². The van der Waals surface area contributed by atoms with E-state index in [0.717, 1.165) is 18.9 Å². The molecule has 1 heterocycles. The van der Waals surface area contributed by atoms with E-state index < -0.39 is 5.97 Å². The molecular formula is C11H17N3O3. The van der Waals surface area contributed by atoms with Crippen LogP contribution in [0.15, 0.2) is 0 Å². The van der Waals surface area contributed by atoms with Crippen molar-refractivity contribution in [1.82, 2.24) is 15.0 Å². The molecule has 1 aromatic rings. The second kappa shape index (κ2) is 5.27. The number of carboxylic acids is 1. The summed E-state index contributed by atoms with van der Waals surface area (Å²) < 4.78 is 6.69. The Morgan fingerprint density at radius 2 is 2.35 bits per heavy atom. The maximum atomic E-state index is 11.0. The molecule has 0 aliphatic heterocycles. The third-order valence-corrected chi connectivity index (χ3v) is 3.03. The summed E-state index contributed by atoms with van der Waals surface area (Å²) in [6.45, 7) is 1.24. The number of carboxylic acid groups (broad SMARTS) is 1. The van der Waals surface area contributed by atoms with Gasteiger partial charge in [-0.15, -0.1) is 5.10 Å². The van der Waals surface area contributed by atoms with E-state index in [1.165, 1.54) is 12.8 Å². The molecule has 6 nitrogen and oxygen atoms in total. The molecule has 1 N–H and O–H groups in total. The lowest BCUT2D eigenvalue weighted by Gasteiger charge is -2.05. The van der Waals surface area contributed by atoms with E-state index in [-0.39, 0.29) is 5.69 Å². The molecule has 1 fully saturated rings. The van der Waals surface area contributed by atoms with Crippen molar-refractivity contribution in [1.29, 1.82) is 0 Å². The summed E-state index contributed by atoms with van der Waals surface area (Å²) in [7, 11) is 1.60. The molecule has 17 heavy (non-hydrogen) atoms. The molecule has 2 rings (SSSR count). The fourth-order valence-electron chi connectivity index (χ4n) is 1.84. The summed E-state index contributed by atoms with van der Waals surface area (Å²) in [5.41, 5.74) is 0.720. The lowest BCUT2D eigenvalue weighted by atomic mass is 10.2. The number of methoxy groups -OCH3 is 1. The average molecular weight is 239 g/mol. The summed E-state index contributed by atoms with van der Waals surface area (Å²) in [6.07, 6.45) is 4.17. The van der Waals surface area contributed by atoms with Gasteiger partial charge in [0, 0.05) is 20.1 Å². The number of aromatic nitrogens is 3. The smallest absolute Gasteiger partial charge is 0.358 e. The Balaban J connectivity index is 2.08. The number of nitrogens with zero attached hydrogens (tertiary/aromatic N) is 3. The van der Waals surface area contributed by atoms with Crippen LogP contribution in [0.5, 0.6) is 0 Å². The summed E-state index contributed by atoms with van der Waals surface area (Å²) in [6, 6.07) is 0. The molecule has 1 aliphatic carbocycles. The number of hydrogen-bond acceptors (Lipinski definition) is 4. The van der Waals surface area contributed by atoms with Gasteiger partial charge in [-0.1, -0.05) is 18.1 Å². The minimum absolute atomic E-state index is 0.0536. The number of aromatic carboxylic acids is 1. The second-order valence-corrected chi connectivity index (χ2v) is 4.39. The normalized spacial score (nSPS) is 15.1. The largest absolute Gasteiger partial charge is 0.476 e. The zero-order valence-electron chi connectivity index (χ0n) is 9.93. The van der Waals surface area contributed by atoms with Crippen molar-refractivity contribution in [2.24, 2.45) is 5.92 Å². The van der Waals surface area contributed by atoms with Crippen molar-refractivity contribution in [3.8, 4) is 0 Å². The van der Waals surface area contributed by atoms with Gasteiger partial charge >= 0.3 is 5.97 Å². The Hall–Kier alpha value is -1.43. The Labute approximate surface area is 99.6 Å². The van der Waals surface area contributed by atoms with Gasteiger partial charge in [0.2, 0.25) is 0 Å². The fourth-order valence-corrected chi connectivity index (χ4v) is 1.84. The molecular weight excluding hydrogens is 222 g/mol. The molecule has 0 aromatic carbocycles. The maximum Gasteiger partial charge on any atom is 0.358 e. The molecule has 0 unspecified atom stereocenters. The fraction of sp³-hybridized carbons (Fsp3) is 0.727. The molecule has 0 spiro atoms. The van der Waals surface area contributed by atoms with Crippen LogP contribution in [0.3, 0.4) is 0 Å². The number of rotatable bonds is 7. The van der Waals surface area contributed by atoms with Crippen LogP contribution in [0.1, 0.15) is 35.4 Å².